The number of nitro benzene ring substituents is 1. The molecule has 0 radical (unpaired) electrons. The number of nitrogens with zero attached hydrogens (tertiary/aromatic N) is 1. The third kappa shape index (κ3) is 4.37. The Morgan fingerprint density at radius 1 is 1.50 bits per heavy atom. The number of carbonyl (C=O) groups excluding carboxylic acids is 1. The largest absolute Gasteiger partial charge is 0.465 e. The molecule has 0 saturated heterocycles. The van der Waals surface area contributed by atoms with Gasteiger partial charge < -0.3 is 4.74 Å². The van der Waals surface area contributed by atoms with E-state index in [4.69, 9.17) is 4.74 Å². The van der Waals surface area contributed by atoms with Crippen molar-refractivity contribution < 1.29 is 22.9 Å². The van der Waals surface area contributed by atoms with Crippen molar-refractivity contribution in [3.63, 3.8) is 0 Å². The Labute approximate surface area is 128 Å². The summed E-state index contributed by atoms with van der Waals surface area (Å²) >= 11 is 0. The Balaban J connectivity index is 3.15. The van der Waals surface area contributed by atoms with E-state index in [2.05, 4.69) is 11.3 Å². The SMILES string of the molecule is C=CC[C@@H](NS(=O)(=O)c1ccccc1[N+](=O)[O-])C(=O)OCC. The quantitative estimate of drug-likeness (QED) is 0.333. The molecule has 22 heavy (non-hydrogen) atoms. The standard InChI is InChI=1S/C13H16N2O6S/c1-3-7-10(13(16)21-4-2)14-22(19,20)12-9-6-5-8-11(12)15(17)18/h3,5-6,8-10,14H,1,4,7H2,2H3/t10-/m1/s1. The van der Waals surface area contributed by atoms with Crippen molar-refractivity contribution in [1.82, 2.24) is 4.72 Å². The zero-order chi connectivity index (χ0) is 16.8. The van der Waals surface area contributed by atoms with Gasteiger partial charge in [0.05, 0.1) is 11.5 Å². The summed E-state index contributed by atoms with van der Waals surface area (Å²) in [5.41, 5.74) is -0.573. The van der Waals surface area contributed by atoms with Crippen molar-refractivity contribution in [2.75, 3.05) is 6.61 Å². The van der Waals surface area contributed by atoms with Crippen molar-refractivity contribution in [3.8, 4) is 0 Å². The molecule has 0 heterocycles. The smallest absolute Gasteiger partial charge is 0.324 e. The number of carbonyl (C=O) groups is 1. The molecule has 0 aromatic heterocycles. The molecular formula is C13H16N2O6S. The molecule has 120 valence electrons. The molecule has 0 aliphatic heterocycles. The summed E-state index contributed by atoms with van der Waals surface area (Å²) in [4.78, 5) is 21.3. The van der Waals surface area contributed by atoms with Crippen LogP contribution in [-0.2, 0) is 19.6 Å². The topological polar surface area (TPSA) is 116 Å². The van der Waals surface area contributed by atoms with Crippen LogP contribution in [-0.4, -0.2) is 32.0 Å². The Morgan fingerprint density at radius 3 is 2.68 bits per heavy atom. The van der Waals surface area contributed by atoms with Crippen molar-refractivity contribution in [2.24, 2.45) is 0 Å². The summed E-state index contributed by atoms with van der Waals surface area (Å²) in [5.74, 6) is -0.774. The molecule has 0 aliphatic carbocycles. The number of benzene rings is 1. The fourth-order valence-corrected chi connectivity index (χ4v) is 3.06. The van der Waals surface area contributed by atoms with E-state index in [1.807, 2.05) is 0 Å². The first-order valence-corrected chi connectivity index (χ1v) is 7.85. The van der Waals surface area contributed by atoms with Crippen LogP contribution in [0.3, 0.4) is 0 Å². The van der Waals surface area contributed by atoms with Gasteiger partial charge in [-0.1, -0.05) is 18.2 Å². The number of rotatable bonds is 8. The fraction of sp³-hybridized carbons (Fsp3) is 0.308. The molecule has 0 amide bonds. The number of nitro groups is 1. The number of nitrogens with one attached hydrogen (secondary N) is 1. The minimum Gasteiger partial charge on any atom is -0.465 e. The van der Waals surface area contributed by atoms with Gasteiger partial charge in [0, 0.05) is 6.07 Å². The van der Waals surface area contributed by atoms with E-state index in [0.717, 1.165) is 12.1 Å². The summed E-state index contributed by atoms with van der Waals surface area (Å²) in [6, 6.07) is 3.68. The van der Waals surface area contributed by atoms with Crippen LogP contribution in [0.15, 0.2) is 41.8 Å². The summed E-state index contributed by atoms with van der Waals surface area (Å²) in [7, 11) is -4.26. The summed E-state index contributed by atoms with van der Waals surface area (Å²) in [5, 5.41) is 10.9. The average molecular weight is 328 g/mol. The van der Waals surface area contributed by atoms with Crippen LogP contribution in [0.4, 0.5) is 5.69 Å². The van der Waals surface area contributed by atoms with Crippen LogP contribution >= 0.6 is 0 Å². The molecule has 0 spiro atoms. The van der Waals surface area contributed by atoms with E-state index in [0.29, 0.717) is 0 Å². The average Bonchev–Trinajstić information content (AvgIpc) is 2.47. The van der Waals surface area contributed by atoms with Gasteiger partial charge in [-0.2, -0.15) is 4.72 Å². The van der Waals surface area contributed by atoms with Crippen molar-refractivity contribution in [3.05, 3.63) is 47.0 Å². The van der Waals surface area contributed by atoms with Gasteiger partial charge in [-0.3, -0.25) is 14.9 Å². The molecule has 0 unspecified atom stereocenters. The minimum absolute atomic E-state index is 0.00130. The molecule has 1 N–H and O–H groups in total. The highest BCUT2D eigenvalue weighted by atomic mass is 32.2. The van der Waals surface area contributed by atoms with Crippen LogP contribution in [0.2, 0.25) is 0 Å². The zero-order valence-corrected chi connectivity index (χ0v) is 12.7. The van der Waals surface area contributed by atoms with E-state index >= 15 is 0 Å². The zero-order valence-electron chi connectivity index (χ0n) is 11.9. The third-order valence-corrected chi connectivity index (χ3v) is 4.14. The Morgan fingerprint density at radius 2 is 2.14 bits per heavy atom. The maximum atomic E-state index is 12.3. The molecule has 1 aromatic rings. The van der Waals surface area contributed by atoms with Crippen molar-refractivity contribution >= 4 is 21.7 Å². The number of sulfonamides is 1. The molecular weight excluding hydrogens is 312 g/mol. The highest BCUT2D eigenvalue weighted by Gasteiger charge is 2.30. The second-order valence-electron chi connectivity index (χ2n) is 4.18. The maximum absolute atomic E-state index is 12.3. The fourth-order valence-electron chi connectivity index (χ4n) is 1.69. The minimum atomic E-state index is -4.26. The number of ether oxygens (including phenoxy) is 1. The van der Waals surface area contributed by atoms with Gasteiger partial charge in [-0.15, -0.1) is 6.58 Å². The van der Waals surface area contributed by atoms with Gasteiger partial charge in [-0.05, 0) is 19.4 Å². The Kier molecular flexibility index (Phi) is 6.20. The lowest BCUT2D eigenvalue weighted by Crippen LogP contribution is -2.41. The van der Waals surface area contributed by atoms with Gasteiger partial charge in [0.1, 0.15) is 6.04 Å². The predicted molar refractivity (Wildman–Crippen MR) is 78.7 cm³/mol. The Bertz CT molecular complexity index is 671. The lowest BCUT2D eigenvalue weighted by Gasteiger charge is -2.15. The van der Waals surface area contributed by atoms with Gasteiger partial charge in [-0.25, -0.2) is 8.42 Å². The second kappa shape index (κ2) is 7.66. The third-order valence-electron chi connectivity index (χ3n) is 2.62. The highest BCUT2D eigenvalue weighted by molar-refractivity contribution is 7.89. The van der Waals surface area contributed by atoms with E-state index in [1.165, 1.54) is 18.2 Å². The van der Waals surface area contributed by atoms with E-state index < -0.39 is 37.5 Å². The molecule has 0 fully saturated rings. The number of hydrogen-bond acceptors (Lipinski definition) is 6. The molecule has 1 atom stereocenters. The molecule has 0 aliphatic rings. The second-order valence-corrected chi connectivity index (χ2v) is 5.86. The van der Waals surface area contributed by atoms with Crippen LogP contribution < -0.4 is 4.72 Å². The summed E-state index contributed by atoms with van der Waals surface area (Å²) < 4.78 is 31.5. The molecule has 9 heteroatoms. The first-order valence-electron chi connectivity index (χ1n) is 6.36. The first kappa shape index (κ1) is 17.8. The maximum Gasteiger partial charge on any atom is 0.324 e. The van der Waals surface area contributed by atoms with E-state index in [9.17, 15) is 23.3 Å². The van der Waals surface area contributed by atoms with Crippen LogP contribution in [0.5, 0.6) is 0 Å². The summed E-state index contributed by atoms with van der Waals surface area (Å²) in [6.07, 6.45) is 1.35. The van der Waals surface area contributed by atoms with Gasteiger partial charge >= 0.3 is 5.97 Å². The van der Waals surface area contributed by atoms with Gasteiger partial charge in [0.15, 0.2) is 4.90 Å². The lowest BCUT2D eigenvalue weighted by molar-refractivity contribution is -0.387. The first-order chi connectivity index (χ1) is 10.3. The highest BCUT2D eigenvalue weighted by Crippen LogP contribution is 2.23. The van der Waals surface area contributed by atoms with Crippen LogP contribution in [0, 0.1) is 10.1 Å². The number of para-hydroxylation sites is 1. The van der Waals surface area contributed by atoms with Gasteiger partial charge in [0.2, 0.25) is 10.0 Å². The van der Waals surface area contributed by atoms with Gasteiger partial charge in [0.25, 0.3) is 5.69 Å². The molecule has 1 rings (SSSR count). The number of esters is 1. The predicted octanol–water partition coefficient (Wildman–Crippen LogP) is 1.38. The van der Waals surface area contributed by atoms with Crippen LogP contribution in [0.25, 0.3) is 0 Å². The Hall–Kier alpha value is -2.26. The normalized spacial score (nSPS) is 12.4. The molecule has 1 aromatic carbocycles. The van der Waals surface area contributed by atoms with Crippen molar-refractivity contribution in [2.45, 2.75) is 24.3 Å². The van der Waals surface area contributed by atoms with Crippen molar-refractivity contribution in [1.29, 1.82) is 0 Å². The molecule has 8 nitrogen and oxygen atoms in total. The van der Waals surface area contributed by atoms with Crippen LogP contribution in [0.1, 0.15) is 13.3 Å². The number of hydrogen-bond donors (Lipinski definition) is 1. The van der Waals surface area contributed by atoms with E-state index in [-0.39, 0.29) is 13.0 Å². The molecule has 0 saturated carbocycles. The lowest BCUT2D eigenvalue weighted by atomic mass is 10.2. The monoisotopic (exact) mass is 328 g/mol. The summed E-state index contributed by atoms with van der Waals surface area (Å²) in [6.45, 7) is 5.11. The molecule has 0 bridgehead atoms. The van der Waals surface area contributed by atoms with E-state index in [1.54, 1.807) is 6.92 Å².